The molecular formula is C23H20FN3O4S2. The van der Waals surface area contributed by atoms with Gasteiger partial charge in [-0.05, 0) is 55.0 Å². The number of aromatic nitrogens is 1. The highest BCUT2D eigenvalue weighted by molar-refractivity contribution is 7.80. The van der Waals surface area contributed by atoms with Crippen molar-refractivity contribution in [2.24, 2.45) is 0 Å². The number of amides is 1. The fraction of sp³-hybridized carbons (Fsp3) is 0.130. The smallest absolute Gasteiger partial charge is 0.260 e. The molecule has 33 heavy (non-hydrogen) atoms. The summed E-state index contributed by atoms with van der Waals surface area (Å²) in [5.41, 5.74) is 1.14. The molecule has 0 saturated heterocycles. The number of carbonyl (C=O) groups excluding carboxylic acids is 2. The van der Waals surface area contributed by atoms with Gasteiger partial charge in [-0.15, -0.1) is 0 Å². The highest BCUT2D eigenvalue weighted by Crippen LogP contribution is 2.28. The van der Waals surface area contributed by atoms with Crippen LogP contribution >= 0.6 is 23.6 Å². The average Bonchev–Trinajstić information content (AvgIpc) is 3.16. The minimum absolute atomic E-state index is 0.0585. The number of ketones is 1. The van der Waals surface area contributed by atoms with E-state index in [1.54, 1.807) is 44.4 Å². The van der Waals surface area contributed by atoms with Gasteiger partial charge in [-0.25, -0.2) is 9.37 Å². The molecule has 3 aromatic rings. The maximum atomic E-state index is 13.7. The van der Waals surface area contributed by atoms with E-state index in [-0.39, 0.29) is 16.5 Å². The number of hydrogen-bond donors (Lipinski definition) is 2. The minimum Gasteiger partial charge on any atom is -0.493 e. The number of nitrogens with zero attached hydrogens (tertiary/aromatic N) is 1. The first-order valence-corrected chi connectivity index (χ1v) is 10.8. The van der Waals surface area contributed by atoms with Crippen LogP contribution in [0.1, 0.15) is 31.3 Å². The molecular weight excluding hydrogens is 465 g/mol. The Labute approximate surface area is 199 Å². The Bertz CT molecular complexity index is 1240. The Kier molecular flexibility index (Phi) is 7.86. The van der Waals surface area contributed by atoms with Gasteiger partial charge >= 0.3 is 0 Å². The molecule has 0 atom stereocenters. The first-order valence-electron chi connectivity index (χ1n) is 9.61. The molecule has 2 aromatic carbocycles. The summed E-state index contributed by atoms with van der Waals surface area (Å²) in [5.74, 6) is -0.439. The number of thiocarbonyl (C=S) groups is 1. The fourth-order valence-electron chi connectivity index (χ4n) is 2.83. The third kappa shape index (κ3) is 5.99. The van der Waals surface area contributed by atoms with Gasteiger partial charge in [-0.1, -0.05) is 35.6 Å². The zero-order chi connectivity index (χ0) is 24.0. The number of aryl methyl sites for hydroxylation is 1. The monoisotopic (exact) mass is 485 g/mol. The second kappa shape index (κ2) is 10.8. The van der Waals surface area contributed by atoms with Crippen molar-refractivity contribution in [3.05, 3.63) is 76.1 Å². The lowest BCUT2D eigenvalue weighted by Crippen LogP contribution is -2.34. The maximum Gasteiger partial charge on any atom is 0.260 e. The second-order valence-electron chi connectivity index (χ2n) is 6.63. The van der Waals surface area contributed by atoms with Crippen LogP contribution in [0.15, 0.2) is 48.5 Å². The van der Waals surface area contributed by atoms with E-state index in [1.165, 1.54) is 31.4 Å². The van der Waals surface area contributed by atoms with E-state index in [0.717, 1.165) is 16.9 Å². The number of thiazole rings is 1. The summed E-state index contributed by atoms with van der Waals surface area (Å²) in [7, 11) is 3.08. The fourth-order valence-corrected chi connectivity index (χ4v) is 3.97. The van der Waals surface area contributed by atoms with Gasteiger partial charge in [-0.2, -0.15) is 0 Å². The largest absolute Gasteiger partial charge is 0.493 e. The van der Waals surface area contributed by atoms with E-state index in [0.29, 0.717) is 27.2 Å². The molecule has 1 amide bonds. The van der Waals surface area contributed by atoms with Gasteiger partial charge in [0.25, 0.3) is 5.91 Å². The Morgan fingerprint density at radius 1 is 1.12 bits per heavy atom. The third-order valence-corrected chi connectivity index (χ3v) is 5.71. The van der Waals surface area contributed by atoms with Crippen LogP contribution < -0.4 is 20.1 Å². The minimum atomic E-state index is -0.687. The van der Waals surface area contributed by atoms with E-state index in [1.807, 2.05) is 0 Å². The van der Waals surface area contributed by atoms with Gasteiger partial charge in [-0.3, -0.25) is 14.9 Å². The number of ether oxygens (including phenoxy) is 2. The van der Waals surface area contributed by atoms with E-state index in [2.05, 4.69) is 15.6 Å². The molecule has 0 aliphatic rings. The van der Waals surface area contributed by atoms with Crippen LogP contribution in [0, 0.1) is 12.7 Å². The van der Waals surface area contributed by atoms with Crippen LogP contribution in [-0.2, 0) is 0 Å². The Morgan fingerprint density at radius 2 is 1.85 bits per heavy atom. The summed E-state index contributed by atoms with van der Waals surface area (Å²) < 4.78 is 24.2. The van der Waals surface area contributed by atoms with E-state index in [9.17, 15) is 14.0 Å². The predicted molar refractivity (Wildman–Crippen MR) is 130 cm³/mol. The summed E-state index contributed by atoms with van der Waals surface area (Å²) in [6.07, 6.45) is 3.10. The predicted octanol–water partition coefficient (Wildman–Crippen LogP) is 4.63. The molecule has 3 rings (SSSR count). The van der Waals surface area contributed by atoms with Crippen molar-refractivity contribution in [2.75, 3.05) is 19.5 Å². The van der Waals surface area contributed by atoms with Crippen LogP contribution in [0.3, 0.4) is 0 Å². The zero-order valence-electron chi connectivity index (χ0n) is 18.0. The Balaban J connectivity index is 1.66. The molecule has 0 aliphatic carbocycles. The normalized spacial score (nSPS) is 10.7. The van der Waals surface area contributed by atoms with Crippen LogP contribution in [0.5, 0.6) is 11.5 Å². The van der Waals surface area contributed by atoms with Gasteiger partial charge in [0, 0.05) is 0 Å². The van der Waals surface area contributed by atoms with Crippen molar-refractivity contribution in [1.29, 1.82) is 0 Å². The molecule has 7 nitrogen and oxygen atoms in total. The van der Waals surface area contributed by atoms with Crippen molar-refractivity contribution in [3.8, 4) is 11.5 Å². The molecule has 1 aromatic heterocycles. The number of nitrogens with one attached hydrogen (secondary N) is 2. The van der Waals surface area contributed by atoms with Gasteiger partial charge in [0.2, 0.25) is 0 Å². The summed E-state index contributed by atoms with van der Waals surface area (Å²) in [5, 5.41) is 5.42. The number of halogens is 1. The zero-order valence-corrected chi connectivity index (χ0v) is 19.6. The molecule has 0 fully saturated rings. The van der Waals surface area contributed by atoms with Gasteiger partial charge in [0.15, 0.2) is 27.5 Å². The quantitative estimate of drug-likeness (QED) is 0.287. The molecule has 0 bridgehead atoms. The molecule has 10 heteroatoms. The summed E-state index contributed by atoms with van der Waals surface area (Å²) in [4.78, 5) is 29.5. The molecule has 0 saturated carbocycles. The SMILES string of the molecule is COc1ccc(C=CC(=O)c2sc(NC(=S)NC(=O)c3ccccc3F)nc2C)cc1OC. The Hall–Kier alpha value is -3.63. The maximum absolute atomic E-state index is 13.7. The highest BCUT2D eigenvalue weighted by Gasteiger charge is 2.16. The van der Waals surface area contributed by atoms with Gasteiger partial charge in [0.1, 0.15) is 5.82 Å². The molecule has 2 N–H and O–H groups in total. The molecule has 0 unspecified atom stereocenters. The number of benzene rings is 2. The lowest BCUT2D eigenvalue weighted by Gasteiger charge is -2.07. The molecule has 0 spiro atoms. The number of hydrogen-bond acceptors (Lipinski definition) is 7. The Morgan fingerprint density at radius 3 is 2.55 bits per heavy atom. The summed E-state index contributed by atoms with van der Waals surface area (Å²) in [6, 6.07) is 10.9. The molecule has 170 valence electrons. The third-order valence-electron chi connectivity index (χ3n) is 4.42. The van der Waals surface area contributed by atoms with E-state index >= 15 is 0 Å². The highest BCUT2D eigenvalue weighted by atomic mass is 32.1. The molecule has 0 radical (unpaired) electrons. The van der Waals surface area contributed by atoms with Crippen molar-refractivity contribution >= 4 is 51.6 Å². The summed E-state index contributed by atoms with van der Waals surface area (Å²) in [6.45, 7) is 1.69. The summed E-state index contributed by atoms with van der Waals surface area (Å²) >= 11 is 6.20. The van der Waals surface area contributed by atoms with Crippen molar-refractivity contribution in [3.63, 3.8) is 0 Å². The first kappa shape index (κ1) is 24.0. The van der Waals surface area contributed by atoms with Crippen molar-refractivity contribution in [1.82, 2.24) is 10.3 Å². The molecule has 0 aliphatic heterocycles. The average molecular weight is 486 g/mol. The van der Waals surface area contributed by atoms with Crippen LogP contribution in [0.4, 0.5) is 9.52 Å². The lowest BCUT2D eigenvalue weighted by molar-refractivity contribution is 0.0973. The van der Waals surface area contributed by atoms with Crippen LogP contribution in [0.25, 0.3) is 6.08 Å². The van der Waals surface area contributed by atoms with Crippen LogP contribution in [-0.4, -0.2) is 36.0 Å². The molecule has 1 heterocycles. The first-order chi connectivity index (χ1) is 15.8. The van der Waals surface area contributed by atoms with Crippen molar-refractivity contribution in [2.45, 2.75) is 6.92 Å². The number of allylic oxidation sites excluding steroid dienone is 1. The number of rotatable bonds is 7. The topological polar surface area (TPSA) is 89.6 Å². The van der Waals surface area contributed by atoms with E-state index in [4.69, 9.17) is 21.7 Å². The van der Waals surface area contributed by atoms with Gasteiger partial charge < -0.3 is 14.8 Å². The number of anilines is 1. The number of methoxy groups -OCH3 is 2. The van der Waals surface area contributed by atoms with E-state index < -0.39 is 11.7 Å². The standard InChI is InChI=1S/C23H20FN3O4S2/c1-13-20(17(28)10-8-14-9-11-18(30-2)19(12-14)31-3)33-23(25-13)27-22(32)26-21(29)15-6-4-5-7-16(15)24/h4-12H,1-3H3,(H2,25,26,27,29,32). The van der Waals surface area contributed by atoms with Crippen molar-refractivity contribution < 1.29 is 23.5 Å². The van der Waals surface area contributed by atoms with Crippen LogP contribution in [0.2, 0.25) is 0 Å². The second-order valence-corrected chi connectivity index (χ2v) is 8.04. The van der Waals surface area contributed by atoms with Gasteiger partial charge in [0.05, 0.1) is 30.4 Å². The lowest BCUT2D eigenvalue weighted by atomic mass is 10.1. The number of carbonyl (C=O) groups is 2.